The summed E-state index contributed by atoms with van der Waals surface area (Å²) in [5.41, 5.74) is 0. The van der Waals surface area contributed by atoms with Crippen LogP contribution in [0.4, 0.5) is 0 Å². The van der Waals surface area contributed by atoms with E-state index in [0.29, 0.717) is 12.3 Å². The second-order valence-electron chi connectivity index (χ2n) is 7.88. The van der Waals surface area contributed by atoms with Gasteiger partial charge in [0, 0.05) is 12.5 Å². The van der Waals surface area contributed by atoms with E-state index in [1.807, 2.05) is 0 Å². The molecule has 134 valence electrons. The molecule has 0 aromatic rings. The van der Waals surface area contributed by atoms with E-state index in [2.05, 4.69) is 10.6 Å². The highest BCUT2D eigenvalue weighted by molar-refractivity contribution is 5.88. The van der Waals surface area contributed by atoms with Crippen LogP contribution in [0.25, 0.3) is 0 Å². The largest absolute Gasteiger partial charge is 0.481 e. The lowest BCUT2D eigenvalue weighted by Gasteiger charge is -2.30. The third-order valence-electron chi connectivity index (χ3n) is 6.23. The summed E-state index contributed by atoms with van der Waals surface area (Å²) in [4.78, 5) is 36.0. The van der Waals surface area contributed by atoms with Crippen molar-refractivity contribution in [2.45, 2.75) is 70.4 Å². The first-order chi connectivity index (χ1) is 11.5. The number of carbonyl (C=O) groups is 3. The van der Waals surface area contributed by atoms with Crippen molar-refractivity contribution in [3.63, 3.8) is 0 Å². The fourth-order valence-electron chi connectivity index (χ4n) is 4.99. The maximum Gasteiger partial charge on any atom is 0.308 e. The molecule has 3 aliphatic rings. The molecule has 3 fully saturated rings. The molecule has 3 N–H and O–H groups in total. The van der Waals surface area contributed by atoms with Gasteiger partial charge in [0.2, 0.25) is 11.8 Å². The van der Waals surface area contributed by atoms with Gasteiger partial charge >= 0.3 is 5.97 Å². The Morgan fingerprint density at radius 1 is 1.08 bits per heavy atom. The highest BCUT2D eigenvalue weighted by atomic mass is 16.4. The molecule has 0 aliphatic heterocycles. The van der Waals surface area contributed by atoms with Gasteiger partial charge in [0.05, 0.1) is 5.92 Å². The predicted octanol–water partition coefficient (Wildman–Crippen LogP) is 1.69. The van der Waals surface area contributed by atoms with E-state index in [-0.39, 0.29) is 29.7 Å². The lowest BCUT2D eigenvalue weighted by Crippen LogP contribution is -2.53. The zero-order chi connectivity index (χ0) is 17.3. The Hall–Kier alpha value is -1.59. The van der Waals surface area contributed by atoms with Crippen LogP contribution >= 0.6 is 0 Å². The first-order valence-corrected chi connectivity index (χ1v) is 9.28. The number of aliphatic carboxylic acids is 1. The van der Waals surface area contributed by atoms with E-state index in [9.17, 15) is 19.5 Å². The number of nitrogens with one attached hydrogen (secondary N) is 2. The summed E-state index contributed by atoms with van der Waals surface area (Å²) in [6.45, 7) is 1.67. The fraction of sp³-hybridized carbons (Fsp3) is 0.833. The van der Waals surface area contributed by atoms with Crippen LogP contribution in [-0.2, 0) is 14.4 Å². The van der Waals surface area contributed by atoms with Crippen molar-refractivity contribution >= 4 is 17.8 Å². The second kappa shape index (κ2) is 7.11. The van der Waals surface area contributed by atoms with Crippen molar-refractivity contribution in [1.82, 2.24) is 10.6 Å². The smallest absolute Gasteiger partial charge is 0.308 e. The molecule has 6 nitrogen and oxygen atoms in total. The van der Waals surface area contributed by atoms with Gasteiger partial charge in [-0.15, -0.1) is 0 Å². The van der Waals surface area contributed by atoms with Crippen LogP contribution in [0.5, 0.6) is 0 Å². The normalized spacial score (nSPS) is 33.4. The van der Waals surface area contributed by atoms with Gasteiger partial charge in [0.15, 0.2) is 0 Å². The van der Waals surface area contributed by atoms with Crippen molar-refractivity contribution in [2.75, 3.05) is 0 Å². The third-order valence-corrected chi connectivity index (χ3v) is 6.23. The Kier molecular flexibility index (Phi) is 5.11. The van der Waals surface area contributed by atoms with E-state index in [4.69, 9.17) is 0 Å². The van der Waals surface area contributed by atoms with Gasteiger partial charge in [-0.05, 0) is 56.8 Å². The molecule has 0 saturated heterocycles. The minimum atomic E-state index is -0.814. The Morgan fingerprint density at radius 3 is 2.42 bits per heavy atom. The Bertz CT molecular complexity index is 515. The highest BCUT2D eigenvalue weighted by Gasteiger charge is 2.51. The van der Waals surface area contributed by atoms with Crippen molar-refractivity contribution < 1.29 is 19.5 Å². The number of rotatable bonds is 6. The molecule has 0 spiro atoms. The number of hydrogen-bond donors (Lipinski definition) is 3. The molecule has 3 aliphatic carbocycles. The van der Waals surface area contributed by atoms with Crippen LogP contribution in [0, 0.1) is 23.7 Å². The third kappa shape index (κ3) is 3.57. The monoisotopic (exact) mass is 336 g/mol. The van der Waals surface area contributed by atoms with Crippen molar-refractivity contribution in [3.05, 3.63) is 0 Å². The molecule has 0 radical (unpaired) electrons. The summed E-state index contributed by atoms with van der Waals surface area (Å²) in [5.74, 6) is -0.737. The summed E-state index contributed by atoms with van der Waals surface area (Å²) < 4.78 is 0. The number of carboxylic acids is 1. The number of amides is 2. The summed E-state index contributed by atoms with van der Waals surface area (Å²) in [6, 6.07) is -0.907. The number of hydrogen-bond acceptors (Lipinski definition) is 3. The molecule has 2 amide bonds. The van der Waals surface area contributed by atoms with Gasteiger partial charge < -0.3 is 15.7 Å². The van der Waals surface area contributed by atoms with Crippen LogP contribution < -0.4 is 10.6 Å². The lowest BCUT2D eigenvalue weighted by molar-refractivity contribution is -0.145. The average Bonchev–Trinajstić information content (AvgIpc) is 3.23. The Morgan fingerprint density at radius 2 is 1.75 bits per heavy atom. The molecule has 3 rings (SSSR count). The lowest BCUT2D eigenvalue weighted by atomic mass is 9.84. The Balaban J connectivity index is 1.50. The SMILES string of the molecule is C[C@H](NC(=O)CC1CCCC1)C(=O)N[C@H]1[C@H]2CC[C@@H](C2)[C@H]1C(=O)O. The van der Waals surface area contributed by atoms with Crippen molar-refractivity contribution in [1.29, 1.82) is 0 Å². The number of carboxylic acid groups (broad SMARTS) is 1. The topological polar surface area (TPSA) is 95.5 Å². The van der Waals surface area contributed by atoms with E-state index < -0.39 is 17.9 Å². The van der Waals surface area contributed by atoms with Gasteiger partial charge in [-0.3, -0.25) is 14.4 Å². The number of fused-ring (bicyclic) bond motifs is 2. The first kappa shape index (κ1) is 17.2. The molecule has 0 unspecified atom stereocenters. The van der Waals surface area contributed by atoms with Crippen molar-refractivity contribution in [3.8, 4) is 0 Å². The molecule has 6 heteroatoms. The molecule has 0 aromatic carbocycles. The number of carbonyl (C=O) groups excluding carboxylic acids is 2. The van der Waals surface area contributed by atoms with Gasteiger partial charge in [-0.2, -0.15) is 0 Å². The van der Waals surface area contributed by atoms with Crippen molar-refractivity contribution in [2.24, 2.45) is 23.7 Å². The maximum absolute atomic E-state index is 12.4. The average molecular weight is 336 g/mol. The van der Waals surface area contributed by atoms with Crippen LogP contribution in [-0.4, -0.2) is 35.0 Å². The van der Waals surface area contributed by atoms with E-state index in [0.717, 1.165) is 32.1 Å². The molecular weight excluding hydrogens is 308 g/mol. The van der Waals surface area contributed by atoms with E-state index >= 15 is 0 Å². The predicted molar refractivity (Wildman–Crippen MR) is 88.1 cm³/mol. The highest BCUT2D eigenvalue weighted by Crippen LogP contribution is 2.48. The van der Waals surface area contributed by atoms with Crippen LogP contribution in [0.15, 0.2) is 0 Å². The van der Waals surface area contributed by atoms with Crippen LogP contribution in [0.3, 0.4) is 0 Å². The quantitative estimate of drug-likeness (QED) is 0.688. The van der Waals surface area contributed by atoms with E-state index in [1.165, 1.54) is 12.8 Å². The molecule has 5 atom stereocenters. The molecule has 0 heterocycles. The zero-order valence-corrected chi connectivity index (χ0v) is 14.3. The van der Waals surface area contributed by atoms with Gasteiger partial charge in [0.25, 0.3) is 0 Å². The maximum atomic E-state index is 12.4. The summed E-state index contributed by atoms with van der Waals surface area (Å²) >= 11 is 0. The van der Waals surface area contributed by atoms with E-state index in [1.54, 1.807) is 6.92 Å². The Labute approximate surface area is 142 Å². The van der Waals surface area contributed by atoms with Gasteiger partial charge in [0.1, 0.15) is 6.04 Å². The van der Waals surface area contributed by atoms with Crippen LogP contribution in [0.2, 0.25) is 0 Å². The van der Waals surface area contributed by atoms with Gasteiger partial charge in [-0.25, -0.2) is 0 Å². The van der Waals surface area contributed by atoms with Gasteiger partial charge in [-0.1, -0.05) is 12.8 Å². The second-order valence-corrected chi connectivity index (χ2v) is 7.88. The minimum absolute atomic E-state index is 0.0766. The fourth-order valence-corrected chi connectivity index (χ4v) is 4.99. The zero-order valence-electron chi connectivity index (χ0n) is 14.3. The molecule has 0 aromatic heterocycles. The standard InChI is InChI=1S/C18H28N2O4/c1-10(19-14(21)8-11-4-2-3-5-11)17(22)20-16-13-7-6-12(9-13)15(16)18(23)24/h10-13,15-16H,2-9H2,1H3,(H,19,21)(H,20,22)(H,23,24)/t10-,12-,13-,15+,16-/m0/s1. The molecular formula is C18H28N2O4. The molecule has 24 heavy (non-hydrogen) atoms. The molecule has 2 bridgehead atoms. The first-order valence-electron chi connectivity index (χ1n) is 9.28. The molecule has 3 saturated carbocycles. The van der Waals surface area contributed by atoms with Crippen LogP contribution in [0.1, 0.15) is 58.3 Å². The summed E-state index contributed by atoms with van der Waals surface area (Å²) in [7, 11) is 0. The summed E-state index contributed by atoms with van der Waals surface area (Å²) in [5, 5.41) is 15.1. The minimum Gasteiger partial charge on any atom is -0.481 e. The summed E-state index contributed by atoms with van der Waals surface area (Å²) in [6.07, 6.45) is 7.89.